The monoisotopic (exact) mass is 355 g/mol. The number of methoxy groups -OCH3 is 1. The summed E-state index contributed by atoms with van der Waals surface area (Å²) >= 11 is 0. The van der Waals surface area contributed by atoms with E-state index in [9.17, 15) is 13.2 Å². The number of hydrogen-bond acceptors (Lipinski definition) is 5. The van der Waals surface area contributed by atoms with Gasteiger partial charge in [-0.2, -0.15) is 0 Å². The van der Waals surface area contributed by atoms with Crippen molar-refractivity contribution in [2.45, 2.75) is 18.7 Å². The maximum Gasteiger partial charge on any atom is 0.244 e. The number of ether oxygens (including phenoxy) is 1. The van der Waals surface area contributed by atoms with E-state index in [0.717, 1.165) is 24.2 Å². The van der Waals surface area contributed by atoms with Crippen LogP contribution in [0.1, 0.15) is 11.1 Å². The van der Waals surface area contributed by atoms with Gasteiger partial charge in [-0.1, -0.05) is 0 Å². The van der Waals surface area contributed by atoms with Crippen LogP contribution in [0.15, 0.2) is 17.0 Å². The van der Waals surface area contributed by atoms with E-state index < -0.39 is 10.0 Å². The Kier molecular flexibility index (Phi) is 5.84. The number of benzene rings is 1. The summed E-state index contributed by atoms with van der Waals surface area (Å²) in [5, 5.41) is 0. The summed E-state index contributed by atoms with van der Waals surface area (Å²) < 4.78 is 32.7. The first-order valence-electron chi connectivity index (χ1n) is 7.86. The van der Waals surface area contributed by atoms with E-state index in [4.69, 9.17) is 4.74 Å². The fourth-order valence-corrected chi connectivity index (χ4v) is 3.74. The second-order valence-corrected chi connectivity index (χ2v) is 7.83. The summed E-state index contributed by atoms with van der Waals surface area (Å²) in [5.41, 5.74) is 1.79. The lowest BCUT2D eigenvalue weighted by molar-refractivity contribution is -0.131. The number of sulfonamides is 1. The van der Waals surface area contributed by atoms with Crippen LogP contribution in [0.4, 0.5) is 0 Å². The van der Waals surface area contributed by atoms with Crippen molar-refractivity contribution < 1.29 is 17.9 Å². The summed E-state index contributed by atoms with van der Waals surface area (Å²) in [5.74, 6) is 0.0621. The van der Waals surface area contributed by atoms with E-state index in [1.165, 1.54) is 7.11 Å². The van der Waals surface area contributed by atoms with E-state index in [0.29, 0.717) is 13.1 Å². The topological polar surface area (TPSA) is 78.9 Å². The number of carbonyl (C=O) groups excluding carboxylic acids is 1. The van der Waals surface area contributed by atoms with Gasteiger partial charge >= 0.3 is 0 Å². The molecule has 0 atom stereocenters. The van der Waals surface area contributed by atoms with Gasteiger partial charge < -0.3 is 14.5 Å². The molecule has 1 aliphatic heterocycles. The number of hydrogen-bond donors (Lipinski definition) is 1. The van der Waals surface area contributed by atoms with E-state index in [-0.39, 0.29) is 23.1 Å². The normalized spacial score (nSPS) is 16.2. The molecule has 1 heterocycles. The zero-order chi connectivity index (χ0) is 17.9. The number of rotatable bonds is 5. The lowest BCUT2D eigenvalue weighted by Crippen LogP contribution is -2.50. The van der Waals surface area contributed by atoms with Crippen LogP contribution < -0.4 is 9.46 Å². The highest BCUT2D eigenvalue weighted by Crippen LogP contribution is 2.27. The minimum Gasteiger partial charge on any atom is -0.495 e. The quantitative estimate of drug-likeness (QED) is 0.825. The first-order valence-corrected chi connectivity index (χ1v) is 9.34. The van der Waals surface area contributed by atoms with Gasteiger partial charge in [-0.15, -0.1) is 0 Å². The molecule has 0 aromatic heterocycles. The van der Waals surface area contributed by atoms with Crippen LogP contribution in [0.3, 0.4) is 0 Å². The van der Waals surface area contributed by atoms with Crippen molar-refractivity contribution in [2.75, 3.05) is 46.9 Å². The van der Waals surface area contributed by atoms with E-state index in [2.05, 4.69) is 9.62 Å². The second-order valence-electron chi connectivity index (χ2n) is 6.10. The number of nitrogens with one attached hydrogen (secondary N) is 1. The molecule has 1 amide bonds. The van der Waals surface area contributed by atoms with Crippen molar-refractivity contribution in [3.8, 4) is 5.75 Å². The standard InChI is InChI=1S/C16H25N3O4S/c1-12-9-14(23-4)15(10-13(12)2)24(21,22)17-11-16(20)19-7-5-18(3)6-8-19/h9-10,17H,5-8,11H2,1-4H3. The predicted molar refractivity (Wildman–Crippen MR) is 91.7 cm³/mol. The first kappa shape index (κ1) is 18.7. The summed E-state index contributed by atoms with van der Waals surface area (Å²) in [6, 6.07) is 3.25. The van der Waals surface area contributed by atoms with Crippen LogP contribution in [-0.2, 0) is 14.8 Å². The third kappa shape index (κ3) is 4.25. The third-order valence-corrected chi connectivity index (χ3v) is 5.76. The molecule has 1 fully saturated rings. The lowest BCUT2D eigenvalue weighted by atomic mass is 10.1. The second kappa shape index (κ2) is 7.50. The molecule has 1 N–H and O–H groups in total. The number of amides is 1. The van der Waals surface area contributed by atoms with Crippen molar-refractivity contribution in [1.29, 1.82) is 0 Å². The average Bonchev–Trinajstić information content (AvgIpc) is 2.55. The summed E-state index contributed by atoms with van der Waals surface area (Å²) in [7, 11) is -0.394. The molecule has 2 rings (SSSR count). The molecule has 0 saturated carbocycles. The van der Waals surface area contributed by atoms with Crippen LogP contribution in [-0.4, -0.2) is 71.0 Å². The van der Waals surface area contributed by atoms with Crippen molar-refractivity contribution in [2.24, 2.45) is 0 Å². The van der Waals surface area contributed by atoms with Gasteiger partial charge in [0.05, 0.1) is 13.7 Å². The van der Waals surface area contributed by atoms with Crippen molar-refractivity contribution in [1.82, 2.24) is 14.5 Å². The Morgan fingerprint density at radius 3 is 2.33 bits per heavy atom. The van der Waals surface area contributed by atoms with Gasteiger partial charge in [0.2, 0.25) is 15.9 Å². The zero-order valence-corrected chi connectivity index (χ0v) is 15.4. The van der Waals surface area contributed by atoms with Gasteiger partial charge in [0.25, 0.3) is 0 Å². The molecule has 134 valence electrons. The number of aryl methyl sites for hydroxylation is 2. The van der Waals surface area contributed by atoms with Crippen LogP contribution in [0, 0.1) is 13.8 Å². The van der Waals surface area contributed by atoms with Gasteiger partial charge in [0, 0.05) is 26.2 Å². The van der Waals surface area contributed by atoms with Gasteiger partial charge in [-0.05, 0) is 44.2 Å². The van der Waals surface area contributed by atoms with E-state index in [1.807, 2.05) is 20.9 Å². The molecule has 24 heavy (non-hydrogen) atoms. The SMILES string of the molecule is COc1cc(C)c(C)cc1S(=O)(=O)NCC(=O)N1CCN(C)CC1. The van der Waals surface area contributed by atoms with E-state index in [1.54, 1.807) is 17.0 Å². The van der Waals surface area contributed by atoms with Gasteiger partial charge in [-0.3, -0.25) is 4.79 Å². The highest BCUT2D eigenvalue weighted by atomic mass is 32.2. The Morgan fingerprint density at radius 2 is 1.75 bits per heavy atom. The molecule has 1 aliphatic rings. The van der Waals surface area contributed by atoms with Crippen molar-refractivity contribution >= 4 is 15.9 Å². The molecule has 1 aromatic carbocycles. The molecular formula is C16H25N3O4S. The molecule has 8 heteroatoms. The van der Waals surface area contributed by atoms with Crippen LogP contribution in [0.5, 0.6) is 5.75 Å². The molecule has 7 nitrogen and oxygen atoms in total. The van der Waals surface area contributed by atoms with Crippen LogP contribution >= 0.6 is 0 Å². The molecular weight excluding hydrogens is 330 g/mol. The molecule has 1 aromatic rings. The summed E-state index contributed by atoms with van der Waals surface area (Å²) in [6.45, 7) is 6.30. The highest BCUT2D eigenvalue weighted by Gasteiger charge is 2.24. The van der Waals surface area contributed by atoms with Gasteiger partial charge in [0.15, 0.2) is 0 Å². The number of carbonyl (C=O) groups is 1. The molecule has 1 saturated heterocycles. The van der Waals surface area contributed by atoms with E-state index >= 15 is 0 Å². The summed E-state index contributed by atoms with van der Waals surface area (Å²) in [6.07, 6.45) is 0. The molecule has 0 bridgehead atoms. The Labute approximate surface area is 143 Å². The Morgan fingerprint density at radius 1 is 1.17 bits per heavy atom. The number of likely N-dealkylation sites (N-methyl/N-ethyl adjacent to an activating group) is 1. The Hall–Kier alpha value is -1.64. The van der Waals surface area contributed by atoms with Crippen LogP contribution in [0.25, 0.3) is 0 Å². The van der Waals surface area contributed by atoms with Gasteiger partial charge in [-0.25, -0.2) is 13.1 Å². The Balaban J connectivity index is 2.09. The fraction of sp³-hybridized carbons (Fsp3) is 0.562. The minimum absolute atomic E-state index is 0.0549. The van der Waals surface area contributed by atoms with Gasteiger partial charge in [0.1, 0.15) is 10.6 Å². The fourth-order valence-electron chi connectivity index (χ4n) is 2.53. The minimum atomic E-state index is -3.82. The molecule has 0 aliphatic carbocycles. The predicted octanol–water partition coefficient (Wildman–Crippen LogP) is 0.364. The largest absolute Gasteiger partial charge is 0.495 e. The first-order chi connectivity index (χ1) is 11.2. The van der Waals surface area contributed by atoms with Crippen molar-refractivity contribution in [3.63, 3.8) is 0 Å². The maximum atomic E-state index is 12.5. The molecule has 0 radical (unpaired) electrons. The third-order valence-electron chi connectivity index (χ3n) is 4.34. The average molecular weight is 355 g/mol. The highest BCUT2D eigenvalue weighted by molar-refractivity contribution is 7.89. The lowest BCUT2D eigenvalue weighted by Gasteiger charge is -2.32. The maximum absolute atomic E-state index is 12.5. The van der Waals surface area contributed by atoms with Crippen molar-refractivity contribution in [3.05, 3.63) is 23.3 Å². The smallest absolute Gasteiger partial charge is 0.244 e. The summed E-state index contributed by atoms with van der Waals surface area (Å²) in [4.78, 5) is 16.1. The zero-order valence-electron chi connectivity index (χ0n) is 14.6. The number of nitrogens with zero attached hydrogens (tertiary/aromatic N) is 2. The van der Waals surface area contributed by atoms with Crippen LogP contribution in [0.2, 0.25) is 0 Å². The number of piperazine rings is 1. The molecule has 0 spiro atoms. The Bertz CT molecular complexity index is 710. The molecule has 0 unspecified atom stereocenters.